The SMILES string of the molecule is COc1ccc(NC(=O)COc2ccc(/C=N\NC(=O)CN(c3cccc(Cl)c3Cl)S(C)(=O)=O)cc2)cc1. The molecule has 2 amide bonds. The van der Waals surface area contributed by atoms with Gasteiger partial charge in [0.1, 0.15) is 18.0 Å². The number of anilines is 2. The fraction of sp³-hybridized carbons (Fsp3) is 0.160. The predicted octanol–water partition coefficient (Wildman–Crippen LogP) is 3.94. The molecule has 2 N–H and O–H groups in total. The van der Waals surface area contributed by atoms with Crippen molar-refractivity contribution in [1.82, 2.24) is 5.43 Å². The average Bonchev–Trinajstić information content (AvgIpc) is 2.88. The number of nitrogens with zero attached hydrogens (tertiary/aromatic N) is 2. The molecule has 0 radical (unpaired) electrons. The number of nitrogens with one attached hydrogen (secondary N) is 2. The number of methoxy groups -OCH3 is 1. The standard InChI is InChI=1S/C25H24Cl2N4O6S/c1-36-19-12-8-18(9-13-19)29-24(33)16-37-20-10-6-17(7-11-20)14-28-30-23(32)15-31(38(2,34)35)22-5-3-4-21(26)25(22)27/h3-14H,15-16H2,1-2H3,(H,29,33)(H,30,32)/b28-14-. The molecule has 38 heavy (non-hydrogen) atoms. The molecule has 0 aliphatic heterocycles. The van der Waals surface area contributed by atoms with Gasteiger partial charge in [0.25, 0.3) is 11.8 Å². The van der Waals surface area contributed by atoms with E-state index in [-0.39, 0.29) is 28.2 Å². The fourth-order valence-corrected chi connectivity index (χ4v) is 4.39. The third-order valence-electron chi connectivity index (χ3n) is 4.91. The number of rotatable bonds is 11. The molecule has 0 unspecified atom stereocenters. The van der Waals surface area contributed by atoms with Gasteiger partial charge in [-0.3, -0.25) is 13.9 Å². The van der Waals surface area contributed by atoms with Crippen LogP contribution < -0.4 is 24.5 Å². The van der Waals surface area contributed by atoms with Crippen LogP contribution in [0.2, 0.25) is 10.0 Å². The number of ether oxygens (including phenoxy) is 2. The number of hydrazone groups is 1. The van der Waals surface area contributed by atoms with Crippen LogP contribution in [0.3, 0.4) is 0 Å². The zero-order chi connectivity index (χ0) is 27.7. The normalized spacial score (nSPS) is 11.2. The second-order valence-corrected chi connectivity index (χ2v) is 10.5. The maximum absolute atomic E-state index is 12.4. The minimum Gasteiger partial charge on any atom is -0.497 e. The molecule has 13 heteroatoms. The fourth-order valence-electron chi connectivity index (χ4n) is 3.08. The van der Waals surface area contributed by atoms with Crippen LogP contribution in [0, 0.1) is 0 Å². The van der Waals surface area contributed by atoms with E-state index < -0.39 is 22.5 Å². The van der Waals surface area contributed by atoms with E-state index in [0.717, 1.165) is 10.6 Å². The number of hydrogen-bond donors (Lipinski definition) is 2. The van der Waals surface area contributed by atoms with Gasteiger partial charge in [0.05, 0.1) is 35.3 Å². The molecule has 10 nitrogen and oxygen atoms in total. The third kappa shape index (κ3) is 8.37. The molecule has 0 spiro atoms. The molecule has 0 atom stereocenters. The summed E-state index contributed by atoms with van der Waals surface area (Å²) < 4.78 is 35.9. The largest absolute Gasteiger partial charge is 0.497 e. The molecule has 3 aromatic rings. The van der Waals surface area contributed by atoms with Crippen molar-refractivity contribution in [3.05, 3.63) is 82.3 Å². The quantitative estimate of drug-likeness (QED) is 0.262. The highest BCUT2D eigenvalue weighted by molar-refractivity contribution is 7.92. The zero-order valence-electron chi connectivity index (χ0n) is 20.4. The second kappa shape index (κ2) is 13.1. The van der Waals surface area contributed by atoms with Gasteiger partial charge in [0.2, 0.25) is 10.0 Å². The van der Waals surface area contributed by atoms with Crippen molar-refractivity contribution in [3.63, 3.8) is 0 Å². The summed E-state index contributed by atoms with van der Waals surface area (Å²) in [6, 6.07) is 18.0. The van der Waals surface area contributed by atoms with Gasteiger partial charge in [-0.2, -0.15) is 5.10 Å². The first-order valence-corrected chi connectivity index (χ1v) is 13.6. The summed E-state index contributed by atoms with van der Waals surface area (Å²) >= 11 is 12.1. The Bertz CT molecular complexity index is 1410. The lowest BCUT2D eigenvalue weighted by Gasteiger charge is -2.22. The first kappa shape index (κ1) is 28.8. The van der Waals surface area contributed by atoms with Crippen molar-refractivity contribution >= 4 is 62.6 Å². The van der Waals surface area contributed by atoms with Crippen molar-refractivity contribution in [2.75, 3.05) is 36.1 Å². The summed E-state index contributed by atoms with van der Waals surface area (Å²) in [7, 11) is -2.28. The second-order valence-electron chi connectivity index (χ2n) is 7.77. The van der Waals surface area contributed by atoms with E-state index in [0.29, 0.717) is 22.7 Å². The van der Waals surface area contributed by atoms with E-state index in [1.54, 1.807) is 55.6 Å². The predicted molar refractivity (Wildman–Crippen MR) is 148 cm³/mol. The number of hydrogen-bond acceptors (Lipinski definition) is 7. The van der Waals surface area contributed by atoms with E-state index in [1.807, 2.05) is 0 Å². The first-order chi connectivity index (χ1) is 18.1. The highest BCUT2D eigenvalue weighted by Gasteiger charge is 2.23. The minimum absolute atomic E-state index is 0.0106. The first-order valence-electron chi connectivity index (χ1n) is 11.0. The van der Waals surface area contributed by atoms with Gasteiger partial charge in [-0.15, -0.1) is 0 Å². The van der Waals surface area contributed by atoms with Crippen LogP contribution in [0.5, 0.6) is 11.5 Å². The molecule has 200 valence electrons. The van der Waals surface area contributed by atoms with Gasteiger partial charge in [-0.05, 0) is 66.2 Å². The molecular weight excluding hydrogens is 555 g/mol. The van der Waals surface area contributed by atoms with Crippen molar-refractivity contribution in [2.45, 2.75) is 0 Å². The Morgan fingerprint density at radius 2 is 1.63 bits per heavy atom. The van der Waals surface area contributed by atoms with E-state index in [9.17, 15) is 18.0 Å². The average molecular weight is 579 g/mol. The Kier molecular flexibility index (Phi) is 9.94. The number of halogens is 2. The van der Waals surface area contributed by atoms with Crippen LogP contribution in [0.25, 0.3) is 0 Å². The van der Waals surface area contributed by atoms with Crippen LogP contribution >= 0.6 is 23.2 Å². The molecule has 3 rings (SSSR count). The molecule has 3 aromatic carbocycles. The summed E-state index contributed by atoms with van der Waals surface area (Å²) in [6.07, 6.45) is 2.32. The Morgan fingerprint density at radius 3 is 2.26 bits per heavy atom. The molecule has 0 aliphatic carbocycles. The molecule has 0 bridgehead atoms. The highest BCUT2D eigenvalue weighted by Crippen LogP contribution is 2.33. The third-order valence-corrected chi connectivity index (χ3v) is 6.85. The van der Waals surface area contributed by atoms with E-state index in [2.05, 4.69) is 15.8 Å². The van der Waals surface area contributed by atoms with Crippen LogP contribution in [0.15, 0.2) is 71.8 Å². The maximum atomic E-state index is 12.4. The smallest absolute Gasteiger partial charge is 0.262 e. The molecule has 0 aliphatic rings. The van der Waals surface area contributed by atoms with Crippen molar-refractivity contribution in [2.24, 2.45) is 5.10 Å². The lowest BCUT2D eigenvalue weighted by atomic mass is 10.2. The number of sulfonamides is 1. The molecule has 0 heterocycles. The minimum atomic E-state index is -3.84. The van der Waals surface area contributed by atoms with Crippen LogP contribution in [0.1, 0.15) is 5.56 Å². The van der Waals surface area contributed by atoms with Crippen molar-refractivity contribution < 1.29 is 27.5 Å². The summed E-state index contributed by atoms with van der Waals surface area (Å²) in [4.78, 5) is 24.4. The summed E-state index contributed by atoms with van der Waals surface area (Å²) in [5.74, 6) is 0.121. The van der Waals surface area contributed by atoms with Crippen LogP contribution in [-0.2, 0) is 19.6 Å². The highest BCUT2D eigenvalue weighted by atomic mass is 35.5. The Labute approximate surface area is 230 Å². The number of carbonyl (C=O) groups excluding carboxylic acids is 2. The van der Waals surface area contributed by atoms with Crippen molar-refractivity contribution in [3.8, 4) is 11.5 Å². The summed E-state index contributed by atoms with van der Waals surface area (Å²) in [6.45, 7) is -0.745. The van der Waals surface area contributed by atoms with E-state index in [1.165, 1.54) is 24.4 Å². The van der Waals surface area contributed by atoms with Gasteiger partial charge >= 0.3 is 0 Å². The molecule has 0 saturated carbocycles. The van der Waals surface area contributed by atoms with Gasteiger partial charge in [0, 0.05) is 5.69 Å². The van der Waals surface area contributed by atoms with Crippen LogP contribution in [0.4, 0.5) is 11.4 Å². The van der Waals surface area contributed by atoms with E-state index >= 15 is 0 Å². The van der Waals surface area contributed by atoms with Gasteiger partial charge in [-0.1, -0.05) is 29.3 Å². The van der Waals surface area contributed by atoms with Gasteiger partial charge in [-0.25, -0.2) is 13.8 Å². The van der Waals surface area contributed by atoms with Crippen LogP contribution in [-0.4, -0.2) is 53.0 Å². The Hall–Kier alpha value is -3.80. The molecule has 0 saturated heterocycles. The number of amides is 2. The lowest BCUT2D eigenvalue weighted by Crippen LogP contribution is -2.39. The van der Waals surface area contributed by atoms with Gasteiger partial charge < -0.3 is 14.8 Å². The monoisotopic (exact) mass is 578 g/mol. The zero-order valence-corrected chi connectivity index (χ0v) is 22.7. The molecule has 0 aromatic heterocycles. The lowest BCUT2D eigenvalue weighted by molar-refractivity contribution is -0.119. The van der Waals surface area contributed by atoms with Gasteiger partial charge in [0.15, 0.2) is 6.61 Å². The summed E-state index contributed by atoms with van der Waals surface area (Å²) in [5, 5.41) is 6.74. The maximum Gasteiger partial charge on any atom is 0.262 e. The summed E-state index contributed by atoms with van der Waals surface area (Å²) in [5.41, 5.74) is 3.59. The Morgan fingerprint density at radius 1 is 0.974 bits per heavy atom. The topological polar surface area (TPSA) is 126 Å². The number of carbonyl (C=O) groups is 2. The molecule has 0 fully saturated rings. The Balaban J connectivity index is 1.50. The van der Waals surface area contributed by atoms with Crippen molar-refractivity contribution in [1.29, 1.82) is 0 Å². The molecular formula is C25H24Cl2N4O6S. The van der Waals surface area contributed by atoms with E-state index in [4.69, 9.17) is 32.7 Å². The number of benzene rings is 3.